The van der Waals surface area contributed by atoms with Gasteiger partial charge in [-0.1, -0.05) is 26.5 Å². The predicted molar refractivity (Wildman–Crippen MR) is 172 cm³/mol. The molecule has 0 amide bonds. The largest absolute Gasteiger partial charge is 0.511 e. The third kappa shape index (κ3) is 4.49. The molecule has 0 spiro atoms. The van der Waals surface area contributed by atoms with Crippen LogP contribution in [0.2, 0.25) is 0 Å². The Morgan fingerprint density at radius 2 is 1.75 bits per heavy atom. The molecular weight excluding hydrogens is 556 g/mol. The maximum absolute atomic E-state index is 11.8. The Labute approximate surface area is 256 Å². The number of allylic oxidation sites excluding steroid dienone is 1. The van der Waals surface area contributed by atoms with Crippen LogP contribution in [0.15, 0.2) is 12.3 Å². The van der Waals surface area contributed by atoms with Crippen molar-refractivity contribution in [3.05, 3.63) is 78.4 Å². The molecule has 5 atom stereocenters. The molecule has 2 unspecified atom stereocenters. The summed E-state index contributed by atoms with van der Waals surface area (Å²) in [6, 6.07) is -0.363. The Morgan fingerprint density at radius 1 is 1.05 bits per heavy atom. The van der Waals surface area contributed by atoms with Crippen LogP contribution in [-0.4, -0.2) is 55.7 Å². The highest BCUT2D eigenvalue weighted by molar-refractivity contribution is 5.76. The lowest BCUT2D eigenvalue weighted by atomic mass is 9.80. The number of aliphatic hydroxyl groups excluding tert-OH is 2. The second kappa shape index (κ2) is 11.1. The molecule has 9 nitrogen and oxygen atoms in total. The van der Waals surface area contributed by atoms with Crippen molar-refractivity contribution in [1.82, 2.24) is 20.3 Å². The summed E-state index contributed by atoms with van der Waals surface area (Å²) in [4.78, 5) is 22.6. The number of nitrogens with one attached hydrogen (secondary N) is 4. The molecule has 44 heavy (non-hydrogen) atoms. The van der Waals surface area contributed by atoms with Crippen LogP contribution in [-0.2, 0) is 16.0 Å². The summed E-state index contributed by atoms with van der Waals surface area (Å²) in [5.41, 5.74) is 9.80. The van der Waals surface area contributed by atoms with Gasteiger partial charge in [-0.15, -0.1) is 0 Å². The molecule has 6 rings (SSSR count). The molecule has 0 radical (unpaired) electrons. The zero-order chi connectivity index (χ0) is 31.6. The van der Waals surface area contributed by atoms with Gasteiger partial charge in [-0.3, -0.25) is 4.79 Å². The summed E-state index contributed by atoms with van der Waals surface area (Å²) < 4.78 is 5.40. The SMILES string of the molecule is C=Cc1c2[nH]c(c1C)/C=C1\NC(C3=c4[nH]c(c(C)c4=C(O)[C@@H]3C(O)OC)/C=c3\[nH]/c(c(C)c3CC)=C\2)[C@@H](CCC(=O)O)[C@@H]1C. The molecule has 3 aliphatic rings. The van der Waals surface area contributed by atoms with Crippen molar-refractivity contribution in [1.29, 1.82) is 0 Å². The van der Waals surface area contributed by atoms with Crippen molar-refractivity contribution in [2.75, 3.05) is 7.11 Å². The van der Waals surface area contributed by atoms with Gasteiger partial charge in [0.2, 0.25) is 0 Å². The van der Waals surface area contributed by atoms with E-state index in [1.165, 1.54) is 18.2 Å². The topological polar surface area (TPSA) is 146 Å². The molecule has 1 fully saturated rings. The zero-order valence-corrected chi connectivity index (χ0v) is 26.2. The van der Waals surface area contributed by atoms with Crippen molar-refractivity contribution >= 4 is 41.6 Å². The van der Waals surface area contributed by atoms with E-state index in [9.17, 15) is 20.1 Å². The predicted octanol–water partition coefficient (Wildman–Crippen LogP) is 2.31. The fourth-order valence-electron chi connectivity index (χ4n) is 7.67. The van der Waals surface area contributed by atoms with Gasteiger partial charge in [0.05, 0.1) is 17.3 Å². The molecular formula is C35H42N4O5. The smallest absolute Gasteiger partial charge is 0.303 e. The summed E-state index contributed by atoms with van der Waals surface area (Å²) in [7, 11) is 1.42. The molecule has 8 bridgehead atoms. The van der Waals surface area contributed by atoms with Gasteiger partial charge in [0.1, 0.15) is 5.76 Å². The fourth-order valence-corrected chi connectivity index (χ4v) is 7.67. The minimum Gasteiger partial charge on any atom is -0.511 e. The average molecular weight is 599 g/mol. The van der Waals surface area contributed by atoms with Gasteiger partial charge < -0.3 is 40.3 Å². The van der Waals surface area contributed by atoms with Crippen LogP contribution in [0.3, 0.4) is 0 Å². The number of hydrogen-bond donors (Lipinski definition) is 7. The highest BCUT2D eigenvalue weighted by atomic mass is 16.6. The first kappa shape index (κ1) is 29.8. The first-order chi connectivity index (χ1) is 21.0. The Hall–Kier alpha value is -4.21. The number of fused-ring (bicyclic) bond motifs is 8. The summed E-state index contributed by atoms with van der Waals surface area (Å²) in [6.07, 6.45) is 8.19. The number of carboxylic acid groups (broad SMARTS) is 1. The van der Waals surface area contributed by atoms with E-state index in [1.807, 2.05) is 13.0 Å². The first-order valence-corrected chi connectivity index (χ1v) is 15.3. The molecule has 5 heterocycles. The third-order valence-electron chi connectivity index (χ3n) is 10.2. The van der Waals surface area contributed by atoms with E-state index < -0.39 is 18.2 Å². The molecule has 3 aromatic heterocycles. The Balaban J connectivity index is 1.73. The van der Waals surface area contributed by atoms with E-state index in [-0.39, 0.29) is 30.1 Å². The van der Waals surface area contributed by atoms with Crippen molar-refractivity contribution in [3.8, 4) is 0 Å². The van der Waals surface area contributed by atoms with Crippen molar-refractivity contribution in [3.63, 3.8) is 0 Å². The maximum atomic E-state index is 11.8. The lowest BCUT2D eigenvalue weighted by molar-refractivity contribution is -0.137. The molecule has 1 saturated heterocycles. The molecule has 2 aliphatic heterocycles. The second-order valence-electron chi connectivity index (χ2n) is 12.4. The van der Waals surface area contributed by atoms with E-state index in [0.29, 0.717) is 11.6 Å². The van der Waals surface area contributed by atoms with Crippen molar-refractivity contribution < 1.29 is 24.9 Å². The van der Waals surface area contributed by atoms with E-state index in [2.05, 4.69) is 72.8 Å². The number of H-pyrrole nitrogens is 3. The van der Waals surface area contributed by atoms with Gasteiger partial charge in [0.15, 0.2) is 6.29 Å². The molecule has 1 aliphatic carbocycles. The average Bonchev–Trinajstić information content (AvgIpc) is 3.72. The van der Waals surface area contributed by atoms with E-state index >= 15 is 0 Å². The summed E-state index contributed by atoms with van der Waals surface area (Å²) >= 11 is 0. The van der Waals surface area contributed by atoms with Crippen LogP contribution in [0.4, 0.5) is 0 Å². The summed E-state index contributed by atoms with van der Waals surface area (Å²) in [6.45, 7) is 14.5. The standard InChI is InChI=1S/C35H42N4O5/c1-8-19-15(3)22-12-24-17(5)21(10-11-28(40)41)32(38-24)30-31(35(43)44-7)34(42)29-18(6)25(39-33(29)30)14-27-20(9-2)16(4)23(37-27)13-26(19)36-22/h8,12-14,17,21,31-32,35-39,42-43H,1,9-11H2,2-7H3,(H,40,41)/b23-13-,24-12-,27-14-/t17-,21-,31+,32?,35?/m0/s1. The van der Waals surface area contributed by atoms with Crippen LogP contribution < -0.4 is 26.6 Å². The second-order valence-corrected chi connectivity index (χ2v) is 12.4. The minimum absolute atomic E-state index is 0.00586. The van der Waals surface area contributed by atoms with Gasteiger partial charge >= 0.3 is 5.97 Å². The van der Waals surface area contributed by atoms with Gasteiger partial charge in [0, 0.05) is 63.7 Å². The fraction of sp³-hybridized carbons (Fsp3) is 0.400. The first-order valence-electron chi connectivity index (χ1n) is 15.3. The number of ether oxygens (including phenoxy) is 1. The minimum atomic E-state index is -1.28. The number of hydrogen-bond acceptors (Lipinski definition) is 5. The number of rotatable bonds is 7. The summed E-state index contributed by atoms with van der Waals surface area (Å²) in [5.74, 6) is -1.77. The highest BCUT2D eigenvalue weighted by Gasteiger charge is 2.46. The van der Waals surface area contributed by atoms with Gasteiger partial charge in [-0.25, -0.2) is 0 Å². The number of aromatic nitrogens is 3. The number of carbonyl (C=O) groups is 1. The van der Waals surface area contributed by atoms with Crippen LogP contribution >= 0.6 is 0 Å². The monoisotopic (exact) mass is 598 g/mol. The zero-order valence-electron chi connectivity index (χ0n) is 26.2. The van der Waals surface area contributed by atoms with Gasteiger partial charge in [0.25, 0.3) is 0 Å². The molecule has 0 saturated carbocycles. The van der Waals surface area contributed by atoms with Gasteiger partial charge in [-0.05, 0) is 85.6 Å². The number of aliphatic carboxylic acids is 1. The van der Waals surface area contributed by atoms with E-state index in [1.54, 1.807) is 0 Å². The van der Waals surface area contributed by atoms with Crippen LogP contribution in [0.5, 0.6) is 0 Å². The lowest BCUT2D eigenvalue weighted by Gasteiger charge is -2.29. The molecule has 232 valence electrons. The van der Waals surface area contributed by atoms with Crippen LogP contribution in [0.25, 0.3) is 35.6 Å². The Kier molecular flexibility index (Phi) is 7.50. The van der Waals surface area contributed by atoms with Crippen molar-refractivity contribution in [2.45, 2.75) is 66.2 Å². The lowest BCUT2D eigenvalue weighted by Crippen LogP contribution is -2.39. The number of aromatic amines is 3. The van der Waals surface area contributed by atoms with Crippen molar-refractivity contribution in [2.24, 2.45) is 17.8 Å². The number of methoxy groups -OCH3 is 1. The van der Waals surface area contributed by atoms with Crippen LogP contribution in [0.1, 0.15) is 71.6 Å². The van der Waals surface area contributed by atoms with E-state index in [4.69, 9.17) is 4.74 Å². The van der Waals surface area contributed by atoms with Gasteiger partial charge in [-0.2, -0.15) is 0 Å². The summed E-state index contributed by atoms with van der Waals surface area (Å²) in [5, 5.41) is 39.5. The Bertz CT molecular complexity index is 1970. The normalized spacial score (nSPS) is 25.5. The molecule has 0 aromatic carbocycles. The quantitative estimate of drug-likeness (QED) is 0.208. The van der Waals surface area contributed by atoms with E-state index in [0.717, 1.165) is 67.5 Å². The molecule has 3 aromatic rings. The number of aliphatic hydroxyl groups is 2. The Morgan fingerprint density at radius 3 is 2.41 bits per heavy atom. The highest BCUT2D eigenvalue weighted by Crippen LogP contribution is 2.42. The maximum Gasteiger partial charge on any atom is 0.303 e. The molecule has 7 N–H and O–H groups in total. The molecule has 9 heteroatoms. The third-order valence-corrected chi connectivity index (χ3v) is 10.2. The number of carboxylic acids is 1. The van der Waals surface area contributed by atoms with Crippen LogP contribution in [0, 0.1) is 38.5 Å².